The van der Waals surface area contributed by atoms with Crippen LogP contribution in [-0.2, 0) is 23.7 Å². The summed E-state index contributed by atoms with van der Waals surface area (Å²) in [5, 5.41) is 0. The Morgan fingerprint density at radius 2 is 1.50 bits per heavy atom. The van der Waals surface area contributed by atoms with Crippen molar-refractivity contribution in [2.24, 2.45) is 34.5 Å². The fourth-order valence-electron chi connectivity index (χ4n) is 8.78. The van der Waals surface area contributed by atoms with Crippen LogP contribution >= 0.6 is 0 Å². The Morgan fingerprint density at radius 3 is 2.25 bits per heavy atom. The largest absolute Gasteiger partial charge is 0.348 e. The van der Waals surface area contributed by atoms with Gasteiger partial charge < -0.3 is 23.7 Å². The first kappa shape index (κ1) is 18.3. The minimum Gasteiger partial charge on any atom is -0.348 e. The minimum absolute atomic E-state index is 0.106. The van der Waals surface area contributed by atoms with Gasteiger partial charge in [-0.25, -0.2) is 0 Å². The van der Waals surface area contributed by atoms with E-state index < -0.39 is 5.79 Å². The second kappa shape index (κ2) is 6.03. The lowest BCUT2D eigenvalue weighted by atomic mass is 9.44. The van der Waals surface area contributed by atoms with E-state index in [9.17, 15) is 4.79 Å². The number of carbonyl (C=O) groups is 1. The molecule has 0 amide bonds. The highest BCUT2D eigenvalue weighted by Gasteiger charge is 2.68. The molecule has 2 spiro atoms. The molecule has 5 heteroatoms. The average Bonchev–Trinajstić information content (AvgIpc) is 3.43. The molecule has 3 unspecified atom stereocenters. The molecule has 2 saturated heterocycles. The first-order valence-corrected chi connectivity index (χ1v) is 11.6. The Kier molecular flexibility index (Phi) is 3.94. The quantitative estimate of drug-likeness (QED) is 0.639. The second-order valence-electron chi connectivity index (χ2n) is 10.6. The van der Waals surface area contributed by atoms with E-state index in [1.165, 1.54) is 19.1 Å². The molecule has 2 heterocycles. The topological polar surface area (TPSA) is 54.0 Å². The van der Waals surface area contributed by atoms with Gasteiger partial charge in [0.2, 0.25) is 0 Å². The standard InChI is InChI=1S/C23H34O5/c1-20-6-4-19-17(18(20)5-7-23(20)27-12-13-28-23)3-2-16-14-22(25-10-11-26-22)9-8-21(16,19)15-24/h15-19H,2-14H2,1H3/t16?,17?,18-,19-,20-,21?/m0/s1. The van der Waals surface area contributed by atoms with E-state index in [-0.39, 0.29) is 16.6 Å². The fraction of sp³-hybridized carbons (Fsp3) is 0.957. The monoisotopic (exact) mass is 390 g/mol. The minimum atomic E-state index is -0.393. The van der Waals surface area contributed by atoms with Crippen molar-refractivity contribution >= 4 is 6.29 Å². The lowest BCUT2D eigenvalue weighted by molar-refractivity contribution is -0.255. The van der Waals surface area contributed by atoms with Gasteiger partial charge in [-0.3, -0.25) is 0 Å². The Hall–Kier alpha value is -0.490. The molecule has 156 valence electrons. The van der Waals surface area contributed by atoms with Crippen LogP contribution in [0.2, 0.25) is 0 Å². The molecule has 6 aliphatic rings. The maximum atomic E-state index is 12.7. The number of carbonyl (C=O) groups excluding carboxylic acids is 1. The van der Waals surface area contributed by atoms with Crippen molar-refractivity contribution < 1.29 is 23.7 Å². The molecule has 28 heavy (non-hydrogen) atoms. The Balaban J connectivity index is 1.30. The van der Waals surface area contributed by atoms with E-state index in [0.29, 0.717) is 36.9 Å². The van der Waals surface area contributed by atoms with Crippen molar-refractivity contribution in [2.75, 3.05) is 26.4 Å². The number of fused-ring (bicyclic) bond motifs is 6. The van der Waals surface area contributed by atoms with E-state index in [2.05, 4.69) is 6.92 Å². The Morgan fingerprint density at radius 1 is 0.786 bits per heavy atom. The molecule has 0 radical (unpaired) electrons. The zero-order valence-corrected chi connectivity index (χ0v) is 17.1. The fourth-order valence-corrected chi connectivity index (χ4v) is 8.78. The molecule has 2 aliphatic heterocycles. The summed E-state index contributed by atoms with van der Waals surface area (Å²) >= 11 is 0. The predicted molar refractivity (Wildman–Crippen MR) is 101 cm³/mol. The van der Waals surface area contributed by atoms with Crippen molar-refractivity contribution in [1.82, 2.24) is 0 Å². The van der Waals surface area contributed by atoms with Gasteiger partial charge in [0.1, 0.15) is 6.29 Å². The van der Waals surface area contributed by atoms with E-state index in [0.717, 1.165) is 58.2 Å². The third-order valence-electron chi connectivity index (χ3n) is 10.1. The van der Waals surface area contributed by atoms with Gasteiger partial charge in [0.25, 0.3) is 0 Å². The van der Waals surface area contributed by atoms with E-state index in [1.807, 2.05) is 0 Å². The first-order valence-electron chi connectivity index (χ1n) is 11.6. The molecule has 4 saturated carbocycles. The van der Waals surface area contributed by atoms with Crippen LogP contribution in [0.15, 0.2) is 0 Å². The number of rotatable bonds is 1. The van der Waals surface area contributed by atoms with Gasteiger partial charge in [-0.2, -0.15) is 0 Å². The molecule has 0 bridgehead atoms. The van der Waals surface area contributed by atoms with Crippen LogP contribution in [0.5, 0.6) is 0 Å². The lowest BCUT2D eigenvalue weighted by Gasteiger charge is -2.61. The maximum absolute atomic E-state index is 12.7. The van der Waals surface area contributed by atoms with E-state index in [4.69, 9.17) is 18.9 Å². The van der Waals surface area contributed by atoms with E-state index in [1.54, 1.807) is 0 Å². The number of ether oxygens (including phenoxy) is 4. The number of aldehydes is 1. The summed E-state index contributed by atoms with van der Waals surface area (Å²) in [6.45, 7) is 5.30. The zero-order chi connectivity index (χ0) is 19.0. The summed E-state index contributed by atoms with van der Waals surface area (Å²) in [5.41, 5.74) is -0.0624. The maximum Gasteiger partial charge on any atom is 0.174 e. The molecule has 0 aromatic heterocycles. The smallest absolute Gasteiger partial charge is 0.174 e. The van der Waals surface area contributed by atoms with Crippen molar-refractivity contribution in [2.45, 2.75) is 76.3 Å². The SMILES string of the molecule is C[C@]12CC[C@H]3C(CCC4CC5(CCC43C=O)OCCO5)[C@@H]1CCC21OCCO1. The molecule has 4 aliphatic carbocycles. The van der Waals surface area contributed by atoms with Crippen LogP contribution < -0.4 is 0 Å². The summed E-state index contributed by atoms with van der Waals surface area (Å²) < 4.78 is 24.6. The van der Waals surface area contributed by atoms with Crippen molar-refractivity contribution in [3.63, 3.8) is 0 Å². The molecular formula is C23H34O5. The third kappa shape index (κ3) is 2.15. The van der Waals surface area contributed by atoms with Gasteiger partial charge in [0, 0.05) is 30.1 Å². The zero-order valence-electron chi connectivity index (χ0n) is 17.1. The molecule has 0 N–H and O–H groups in total. The van der Waals surface area contributed by atoms with Crippen LogP contribution in [0, 0.1) is 34.5 Å². The molecule has 6 atom stereocenters. The Labute approximate surface area is 167 Å². The number of hydrogen-bond acceptors (Lipinski definition) is 5. The van der Waals surface area contributed by atoms with Crippen molar-refractivity contribution in [3.05, 3.63) is 0 Å². The third-order valence-corrected chi connectivity index (χ3v) is 10.1. The van der Waals surface area contributed by atoms with Crippen LogP contribution in [-0.4, -0.2) is 44.3 Å². The highest BCUT2D eigenvalue weighted by molar-refractivity contribution is 5.62. The highest BCUT2D eigenvalue weighted by atomic mass is 16.7. The second-order valence-corrected chi connectivity index (χ2v) is 10.6. The van der Waals surface area contributed by atoms with Gasteiger partial charge >= 0.3 is 0 Å². The molecule has 6 fully saturated rings. The van der Waals surface area contributed by atoms with Gasteiger partial charge in [-0.15, -0.1) is 0 Å². The van der Waals surface area contributed by atoms with Crippen molar-refractivity contribution in [3.8, 4) is 0 Å². The average molecular weight is 391 g/mol. The molecule has 5 nitrogen and oxygen atoms in total. The van der Waals surface area contributed by atoms with Gasteiger partial charge in [-0.05, 0) is 62.2 Å². The number of hydrogen-bond donors (Lipinski definition) is 0. The van der Waals surface area contributed by atoms with Crippen LogP contribution in [0.25, 0.3) is 0 Å². The Bertz CT molecular complexity index is 651. The summed E-state index contributed by atoms with van der Waals surface area (Å²) in [5.74, 6) is 1.43. The van der Waals surface area contributed by atoms with Crippen LogP contribution in [0.4, 0.5) is 0 Å². The predicted octanol–water partition coefficient (Wildman–Crippen LogP) is 3.69. The highest BCUT2D eigenvalue weighted by Crippen LogP contribution is 2.69. The lowest BCUT2D eigenvalue weighted by Crippen LogP contribution is -2.59. The van der Waals surface area contributed by atoms with Gasteiger partial charge in [-0.1, -0.05) is 6.92 Å². The molecule has 0 aromatic carbocycles. The van der Waals surface area contributed by atoms with Crippen LogP contribution in [0.1, 0.15) is 64.7 Å². The summed E-state index contributed by atoms with van der Waals surface area (Å²) in [6, 6.07) is 0. The van der Waals surface area contributed by atoms with Gasteiger partial charge in [0.05, 0.1) is 26.4 Å². The van der Waals surface area contributed by atoms with Crippen molar-refractivity contribution in [1.29, 1.82) is 0 Å². The van der Waals surface area contributed by atoms with Gasteiger partial charge in [0.15, 0.2) is 11.6 Å². The molecular weight excluding hydrogens is 356 g/mol. The summed E-state index contributed by atoms with van der Waals surface area (Å²) in [4.78, 5) is 12.7. The normalized spacial score (nSPS) is 51.0. The first-order chi connectivity index (χ1) is 13.6. The van der Waals surface area contributed by atoms with Crippen LogP contribution in [0.3, 0.4) is 0 Å². The summed E-state index contributed by atoms with van der Waals surface area (Å²) in [7, 11) is 0. The molecule has 0 aromatic rings. The molecule has 6 rings (SSSR count). The van der Waals surface area contributed by atoms with E-state index >= 15 is 0 Å². The summed E-state index contributed by atoms with van der Waals surface area (Å²) in [6.07, 6.45) is 10.9.